The van der Waals surface area contributed by atoms with Crippen molar-refractivity contribution >= 4 is 11.6 Å². The molecule has 0 fully saturated rings. The van der Waals surface area contributed by atoms with E-state index in [4.69, 9.17) is 5.26 Å². The zero-order valence-electron chi connectivity index (χ0n) is 15.6. The Hall–Kier alpha value is -3.45. The van der Waals surface area contributed by atoms with Crippen LogP contribution in [0.15, 0.2) is 54.6 Å². The molecule has 1 aromatic heterocycles. The number of benzene rings is 2. The maximum atomic E-state index is 13.3. The average Bonchev–Trinajstić information content (AvgIpc) is 2.95. The highest BCUT2D eigenvalue weighted by Crippen LogP contribution is 2.22. The van der Waals surface area contributed by atoms with E-state index in [1.165, 1.54) is 0 Å². The number of rotatable bonds is 5. The normalized spacial score (nSPS) is 10.4. The molecule has 0 saturated carbocycles. The van der Waals surface area contributed by atoms with Gasteiger partial charge in [0, 0.05) is 29.4 Å². The van der Waals surface area contributed by atoms with Crippen molar-refractivity contribution in [2.24, 2.45) is 7.05 Å². The molecule has 0 saturated heterocycles. The molecule has 0 aliphatic rings. The van der Waals surface area contributed by atoms with E-state index in [0.29, 0.717) is 22.4 Å². The maximum Gasteiger partial charge on any atom is 0.210 e. The molecule has 2 aromatic carbocycles. The van der Waals surface area contributed by atoms with Gasteiger partial charge in [0.15, 0.2) is 5.78 Å². The zero-order valence-corrected chi connectivity index (χ0v) is 15.6. The first-order chi connectivity index (χ1) is 12.9. The molecule has 0 N–H and O–H groups in total. The summed E-state index contributed by atoms with van der Waals surface area (Å²) in [4.78, 5) is 26.2. The standard InChI is InChI=1S/C23H20N2O2/c1-15-8-10-17(11-9-15)22(26)19-6-4-5-7-20(19)23(27)21-16(2)14-18(12-13-24)25(21)3/h4-11,14H,12H2,1-3H3. The number of nitrogens with zero attached hydrogens (tertiary/aromatic N) is 2. The molecule has 4 heteroatoms. The van der Waals surface area contributed by atoms with Gasteiger partial charge >= 0.3 is 0 Å². The highest BCUT2D eigenvalue weighted by Gasteiger charge is 2.23. The van der Waals surface area contributed by atoms with Crippen molar-refractivity contribution in [3.05, 3.63) is 93.8 Å². The molecule has 1 heterocycles. The Morgan fingerprint density at radius 3 is 2.15 bits per heavy atom. The fraction of sp³-hybridized carbons (Fsp3) is 0.174. The van der Waals surface area contributed by atoms with E-state index in [0.717, 1.165) is 16.8 Å². The van der Waals surface area contributed by atoms with Gasteiger partial charge in [-0.2, -0.15) is 5.26 Å². The van der Waals surface area contributed by atoms with Gasteiger partial charge in [-0.25, -0.2) is 0 Å². The first-order valence-corrected chi connectivity index (χ1v) is 8.71. The monoisotopic (exact) mass is 356 g/mol. The van der Waals surface area contributed by atoms with Crippen molar-refractivity contribution in [3.63, 3.8) is 0 Å². The summed E-state index contributed by atoms with van der Waals surface area (Å²) in [5.74, 6) is -0.390. The highest BCUT2D eigenvalue weighted by molar-refractivity contribution is 6.19. The first-order valence-electron chi connectivity index (χ1n) is 8.71. The van der Waals surface area contributed by atoms with Crippen molar-refractivity contribution in [2.45, 2.75) is 20.3 Å². The van der Waals surface area contributed by atoms with Crippen molar-refractivity contribution in [1.29, 1.82) is 5.26 Å². The predicted molar refractivity (Wildman–Crippen MR) is 104 cm³/mol. The molecular formula is C23H20N2O2. The van der Waals surface area contributed by atoms with Crippen LogP contribution < -0.4 is 0 Å². The molecule has 27 heavy (non-hydrogen) atoms. The Labute approximate surface area is 158 Å². The second-order valence-corrected chi connectivity index (χ2v) is 6.63. The second-order valence-electron chi connectivity index (χ2n) is 6.63. The van der Waals surface area contributed by atoms with E-state index in [1.54, 1.807) is 48.0 Å². The van der Waals surface area contributed by atoms with Crippen LogP contribution in [0.4, 0.5) is 0 Å². The Balaban J connectivity index is 2.07. The van der Waals surface area contributed by atoms with Crippen molar-refractivity contribution in [3.8, 4) is 6.07 Å². The quantitative estimate of drug-likeness (QED) is 0.645. The van der Waals surface area contributed by atoms with Crippen LogP contribution in [0.2, 0.25) is 0 Å². The summed E-state index contributed by atoms with van der Waals surface area (Å²) >= 11 is 0. The van der Waals surface area contributed by atoms with Gasteiger partial charge in [0.05, 0.1) is 18.2 Å². The van der Waals surface area contributed by atoms with Crippen LogP contribution in [-0.2, 0) is 13.5 Å². The molecule has 0 bridgehead atoms. The second kappa shape index (κ2) is 7.43. The van der Waals surface area contributed by atoms with Crippen molar-refractivity contribution in [2.75, 3.05) is 0 Å². The molecular weight excluding hydrogens is 336 g/mol. The third-order valence-corrected chi connectivity index (χ3v) is 4.73. The predicted octanol–water partition coefficient (Wildman–Crippen LogP) is 4.17. The molecule has 0 aliphatic heterocycles. The Morgan fingerprint density at radius 2 is 1.56 bits per heavy atom. The fourth-order valence-corrected chi connectivity index (χ4v) is 3.27. The average molecular weight is 356 g/mol. The molecule has 3 rings (SSSR count). The van der Waals surface area contributed by atoms with Gasteiger partial charge in [-0.05, 0) is 25.5 Å². The number of aromatic nitrogens is 1. The van der Waals surface area contributed by atoms with Crippen LogP contribution in [0, 0.1) is 25.2 Å². The highest BCUT2D eigenvalue weighted by atomic mass is 16.1. The van der Waals surface area contributed by atoms with Crippen LogP contribution in [0.3, 0.4) is 0 Å². The molecule has 0 spiro atoms. The van der Waals surface area contributed by atoms with E-state index in [9.17, 15) is 9.59 Å². The van der Waals surface area contributed by atoms with Crippen LogP contribution in [0.25, 0.3) is 0 Å². The molecule has 0 atom stereocenters. The third-order valence-electron chi connectivity index (χ3n) is 4.73. The topological polar surface area (TPSA) is 62.9 Å². The Morgan fingerprint density at radius 1 is 0.963 bits per heavy atom. The van der Waals surface area contributed by atoms with E-state index >= 15 is 0 Å². The van der Waals surface area contributed by atoms with Crippen LogP contribution in [0.5, 0.6) is 0 Å². The number of carbonyl (C=O) groups is 2. The largest absolute Gasteiger partial charge is 0.344 e. The Bertz CT molecular complexity index is 1070. The minimum Gasteiger partial charge on any atom is -0.344 e. The smallest absolute Gasteiger partial charge is 0.210 e. The lowest BCUT2D eigenvalue weighted by atomic mass is 9.94. The van der Waals surface area contributed by atoms with Gasteiger partial charge < -0.3 is 4.57 Å². The zero-order chi connectivity index (χ0) is 19.6. The number of hydrogen-bond donors (Lipinski definition) is 0. The van der Waals surface area contributed by atoms with Crippen LogP contribution in [-0.4, -0.2) is 16.1 Å². The summed E-state index contributed by atoms with van der Waals surface area (Å²) < 4.78 is 1.74. The summed E-state index contributed by atoms with van der Waals surface area (Å²) in [6, 6.07) is 18.2. The fourth-order valence-electron chi connectivity index (χ4n) is 3.27. The molecule has 0 amide bonds. The van der Waals surface area contributed by atoms with Crippen molar-refractivity contribution in [1.82, 2.24) is 4.57 Å². The molecule has 3 aromatic rings. The summed E-state index contributed by atoms with van der Waals surface area (Å²) in [6.07, 6.45) is 0.231. The molecule has 0 aliphatic carbocycles. The van der Waals surface area contributed by atoms with E-state index in [2.05, 4.69) is 6.07 Å². The Kier molecular flexibility index (Phi) is 5.05. The SMILES string of the molecule is Cc1ccc(C(=O)c2ccccc2C(=O)c2c(C)cc(CC#N)n2C)cc1. The molecule has 134 valence electrons. The lowest BCUT2D eigenvalue weighted by Gasteiger charge is -2.11. The van der Waals surface area contributed by atoms with Gasteiger partial charge in [-0.15, -0.1) is 0 Å². The lowest BCUT2D eigenvalue weighted by Crippen LogP contribution is -2.15. The van der Waals surface area contributed by atoms with Gasteiger partial charge in [0.1, 0.15) is 0 Å². The van der Waals surface area contributed by atoms with Gasteiger partial charge in [0.2, 0.25) is 5.78 Å². The number of carbonyl (C=O) groups excluding carboxylic acids is 2. The van der Waals surface area contributed by atoms with E-state index in [-0.39, 0.29) is 18.0 Å². The van der Waals surface area contributed by atoms with Crippen molar-refractivity contribution < 1.29 is 9.59 Å². The number of nitriles is 1. The third kappa shape index (κ3) is 3.45. The number of aryl methyl sites for hydroxylation is 2. The van der Waals surface area contributed by atoms with Gasteiger partial charge in [0.25, 0.3) is 0 Å². The first kappa shape index (κ1) is 18.3. The van der Waals surface area contributed by atoms with Gasteiger partial charge in [-0.1, -0.05) is 54.1 Å². The number of ketones is 2. The van der Waals surface area contributed by atoms with Crippen LogP contribution >= 0.6 is 0 Å². The minimum atomic E-state index is -0.213. The molecule has 0 radical (unpaired) electrons. The van der Waals surface area contributed by atoms with Crippen LogP contribution in [0.1, 0.15) is 48.8 Å². The summed E-state index contributed by atoms with van der Waals surface area (Å²) in [5.41, 5.74) is 4.45. The summed E-state index contributed by atoms with van der Waals surface area (Å²) in [6.45, 7) is 3.81. The lowest BCUT2D eigenvalue weighted by molar-refractivity contribution is 0.0998. The molecule has 0 unspecified atom stereocenters. The van der Waals surface area contributed by atoms with E-state index < -0.39 is 0 Å². The van der Waals surface area contributed by atoms with E-state index in [1.807, 2.05) is 32.0 Å². The van der Waals surface area contributed by atoms with Gasteiger partial charge in [-0.3, -0.25) is 9.59 Å². The molecule has 4 nitrogen and oxygen atoms in total. The number of hydrogen-bond acceptors (Lipinski definition) is 3. The summed E-state index contributed by atoms with van der Waals surface area (Å²) in [7, 11) is 1.78. The maximum absolute atomic E-state index is 13.3. The minimum absolute atomic E-state index is 0.178. The summed E-state index contributed by atoms with van der Waals surface area (Å²) in [5, 5.41) is 8.97.